The van der Waals surface area contributed by atoms with E-state index in [1.165, 1.54) is 0 Å². The number of amides is 2. The van der Waals surface area contributed by atoms with E-state index in [0.29, 0.717) is 36.2 Å². The topological polar surface area (TPSA) is 88.1 Å². The molecule has 2 N–H and O–H groups in total. The Balaban J connectivity index is 1.16. The summed E-state index contributed by atoms with van der Waals surface area (Å²) in [6, 6.07) is 5.23. The van der Waals surface area contributed by atoms with Gasteiger partial charge in [0, 0.05) is 19.0 Å². The average molecular weight is 412 g/mol. The second-order valence-corrected chi connectivity index (χ2v) is 8.98. The standard InChI is InChI=1S/C23H28N2O5/c26-19-10-17-12-25(23(28)15-3-1-2-4-15)11-16(17)9-18(19)24-22(27)8-14-5-6-20-21(7-14)30-13-29-20/h1-2,5-7,15-19,26H,3-4,8-13H2,(H,24,27)/t16-,17+,18-,19-/m0/s1. The van der Waals surface area contributed by atoms with Crippen LogP contribution in [0.1, 0.15) is 31.2 Å². The zero-order valence-electron chi connectivity index (χ0n) is 17.0. The number of ether oxygens (including phenoxy) is 2. The number of carbonyl (C=O) groups excluding carboxylic acids is 2. The van der Waals surface area contributed by atoms with Gasteiger partial charge in [-0.1, -0.05) is 18.2 Å². The van der Waals surface area contributed by atoms with Gasteiger partial charge in [0.1, 0.15) is 0 Å². The predicted molar refractivity (Wildman–Crippen MR) is 109 cm³/mol. The maximum Gasteiger partial charge on any atom is 0.231 e. The van der Waals surface area contributed by atoms with Gasteiger partial charge in [0.15, 0.2) is 11.5 Å². The van der Waals surface area contributed by atoms with E-state index in [9.17, 15) is 14.7 Å². The number of nitrogens with one attached hydrogen (secondary N) is 1. The third-order valence-corrected chi connectivity index (χ3v) is 6.96. The lowest BCUT2D eigenvalue weighted by Gasteiger charge is -2.35. The number of fused-ring (bicyclic) bond motifs is 2. The first-order valence-electron chi connectivity index (χ1n) is 10.9. The van der Waals surface area contributed by atoms with Crippen LogP contribution in [0.15, 0.2) is 30.4 Å². The van der Waals surface area contributed by atoms with Gasteiger partial charge in [0.2, 0.25) is 18.6 Å². The van der Waals surface area contributed by atoms with Crippen LogP contribution in [0.4, 0.5) is 0 Å². The molecule has 160 valence electrons. The number of hydrogen-bond acceptors (Lipinski definition) is 5. The number of nitrogens with zero attached hydrogens (tertiary/aromatic N) is 1. The van der Waals surface area contributed by atoms with Crippen LogP contribution < -0.4 is 14.8 Å². The lowest BCUT2D eigenvalue weighted by molar-refractivity contribution is -0.134. The number of allylic oxidation sites excluding steroid dienone is 2. The van der Waals surface area contributed by atoms with Crippen molar-refractivity contribution in [3.63, 3.8) is 0 Å². The summed E-state index contributed by atoms with van der Waals surface area (Å²) in [5.41, 5.74) is 0.850. The van der Waals surface area contributed by atoms with E-state index in [4.69, 9.17) is 9.47 Å². The fraction of sp³-hybridized carbons (Fsp3) is 0.565. The van der Waals surface area contributed by atoms with Crippen LogP contribution in [0.3, 0.4) is 0 Å². The van der Waals surface area contributed by atoms with Gasteiger partial charge in [-0.05, 0) is 55.2 Å². The quantitative estimate of drug-likeness (QED) is 0.734. The molecule has 1 saturated heterocycles. The van der Waals surface area contributed by atoms with E-state index in [0.717, 1.165) is 31.5 Å². The number of benzene rings is 1. The maximum atomic E-state index is 12.8. The molecule has 2 aliphatic heterocycles. The molecule has 0 unspecified atom stereocenters. The summed E-state index contributed by atoms with van der Waals surface area (Å²) in [6.07, 6.45) is 6.85. The number of likely N-dealkylation sites (tertiary alicyclic amines) is 1. The van der Waals surface area contributed by atoms with Gasteiger partial charge in [0.25, 0.3) is 0 Å². The molecule has 7 heteroatoms. The molecule has 5 rings (SSSR count). The van der Waals surface area contributed by atoms with Crippen molar-refractivity contribution in [2.24, 2.45) is 17.8 Å². The van der Waals surface area contributed by atoms with Crippen LogP contribution >= 0.6 is 0 Å². The molecule has 4 aliphatic rings. The van der Waals surface area contributed by atoms with E-state index >= 15 is 0 Å². The summed E-state index contributed by atoms with van der Waals surface area (Å²) in [4.78, 5) is 27.3. The van der Waals surface area contributed by atoms with Crippen molar-refractivity contribution in [2.45, 2.75) is 44.2 Å². The van der Waals surface area contributed by atoms with Crippen molar-refractivity contribution in [3.8, 4) is 11.5 Å². The zero-order valence-corrected chi connectivity index (χ0v) is 17.0. The Bertz CT molecular complexity index is 861. The smallest absolute Gasteiger partial charge is 0.231 e. The van der Waals surface area contributed by atoms with Crippen molar-refractivity contribution in [1.82, 2.24) is 10.2 Å². The number of aliphatic hydroxyl groups excluding tert-OH is 1. The van der Waals surface area contributed by atoms with Crippen LogP contribution in [0.2, 0.25) is 0 Å². The van der Waals surface area contributed by atoms with Gasteiger partial charge < -0.3 is 24.8 Å². The Labute approximate surface area is 176 Å². The summed E-state index contributed by atoms with van der Waals surface area (Å²) >= 11 is 0. The molecule has 1 aromatic rings. The molecule has 7 nitrogen and oxygen atoms in total. The van der Waals surface area contributed by atoms with Crippen molar-refractivity contribution in [1.29, 1.82) is 0 Å². The highest BCUT2D eigenvalue weighted by Gasteiger charge is 2.44. The van der Waals surface area contributed by atoms with Gasteiger partial charge >= 0.3 is 0 Å². The Morgan fingerprint density at radius 3 is 2.60 bits per heavy atom. The number of hydrogen-bond donors (Lipinski definition) is 2. The largest absolute Gasteiger partial charge is 0.454 e. The summed E-state index contributed by atoms with van der Waals surface area (Å²) in [5.74, 6) is 2.23. The molecule has 2 amide bonds. The highest BCUT2D eigenvalue weighted by atomic mass is 16.7. The van der Waals surface area contributed by atoms with E-state index in [1.54, 1.807) is 0 Å². The fourth-order valence-electron chi connectivity index (χ4n) is 5.34. The molecule has 1 aromatic carbocycles. The van der Waals surface area contributed by atoms with Crippen LogP contribution in [0.5, 0.6) is 11.5 Å². The van der Waals surface area contributed by atoms with Crippen LogP contribution in [-0.4, -0.2) is 53.8 Å². The molecule has 4 atom stereocenters. The monoisotopic (exact) mass is 412 g/mol. The first-order chi connectivity index (χ1) is 14.6. The first-order valence-corrected chi connectivity index (χ1v) is 10.9. The third kappa shape index (κ3) is 3.78. The summed E-state index contributed by atoms with van der Waals surface area (Å²) < 4.78 is 10.7. The molecular formula is C23H28N2O5. The second kappa shape index (κ2) is 7.95. The van der Waals surface area contributed by atoms with Gasteiger partial charge in [0.05, 0.1) is 18.6 Å². The minimum atomic E-state index is -0.574. The minimum absolute atomic E-state index is 0.0901. The molecule has 0 bridgehead atoms. The number of aliphatic hydroxyl groups is 1. The Hall–Kier alpha value is -2.54. The third-order valence-electron chi connectivity index (χ3n) is 6.96. The summed E-state index contributed by atoms with van der Waals surface area (Å²) in [6.45, 7) is 1.68. The summed E-state index contributed by atoms with van der Waals surface area (Å²) in [7, 11) is 0. The average Bonchev–Trinajstić information content (AvgIpc) is 3.47. The maximum absolute atomic E-state index is 12.8. The number of carbonyl (C=O) groups is 2. The van der Waals surface area contributed by atoms with Crippen molar-refractivity contribution in [3.05, 3.63) is 35.9 Å². The number of rotatable bonds is 4. The molecule has 2 aliphatic carbocycles. The van der Waals surface area contributed by atoms with Gasteiger partial charge in [-0.15, -0.1) is 0 Å². The van der Waals surface area contributed by atoms with Gasteiger partial charge in [-0.2, -0.15) is 0 Å². The zero-order chi connectivity index (χ0) is 20.7. The Morgan fingerprint density at radius 2 is 1.80 bits per heavy atom. The van der Waals surface area contributed by atoms with Crippen LogP contribution in [0.25, 0.3) is 0 Å². The molecule has 1 saturated carbocycles. The molecule has 2 fully saturated rings. The van der Waals surface area contributed by atoms with E-state index in [2.05, 4.69) is 17.5 Å². The molecule has 0 spiro atoms. The Morgan fingerprint density at radius 1 is 1.07 bits per heavy atom. The van der Waals surface area contributed by atoms with Gasteiger partial charge in [-0.25, -0.2) is 0 Å². The molecule has 0 aromatic heterocycles. The predicted octanol–water partition coefficient (Wildman–Crippen LogP) is 1.64. The molecule has 30 heavy (non-hydrogen) atoms. The lowest BCUT2D eigenvalue weighted by atomic mass is 9.77. The van der Waals surface area contributed by atoms with Crippen molar-refractivity contribution < 1.29 is 24.2 Å². The van der Waals surface area contributed by atoms with E-state index < -0.39 is 6.10 Å². The van der Waals surface area contributed by atoms with Crippen LogP contribution in [0, 0.1) is 17.8 Å². The fourth-order valence-corrected chi connectivity index (χ4v) is 5.34. The van der Waals surface area contributed by atoms with E-state index in [-0.39, 0.29) is 37.0 Å². The normalized spacial score (nSPS) is 29.8. The molecule has 0 radical (unpaired) electrons. The SMILES string of the molecule is O=C(Cc1ccc2c(c1)OCO2)N[C@H]1C[C@H]2CN(C(=O)C3CC=CC3)C[C@H]2C[C@@H]1O. The van der Waals surface area contributed by atoms with E-state index in [1.807, 2.05) is 23.1 Å². The Kier molecular flexibility index (Phi) is 5.15. The summed E-state index contributed by atoms with van der Waals surface area (Å²) in [5, 5.41) is 13.7. The second-order valence-electron chi connectivity index (χ2n) is 8.98. The highest BCUT2D eigenvalue weighted by molar-refractivity contribution is 5.80. The minimum Gasteiger partial charge on any atom is -0.454 e. The van der Waals surface area contributed by atoms with Crippen molar-refractivity contribution in [2.75, 3.05) is 19.9 Å². The molecular weight excluding hydrogens is 384 g/mol. The van der Waals surface area contributed by atoms with Crippen molar-refractivity contribution >= 4 is 11.8 Å². The van der Waals surface area contributed by atoms with Crippen LogP contribution in [-0.2, 0) is 16.0 Å². The highest BCUT2D eigenvalue weighted by Crippen LogP contribution is 2.38. The molecule has 2 heterocycles. The van der Waals surface area contributed by atoms with Gasteiger partial charge in [-0.3, -0.25) is 9.59 Å². The lowest BCUT2D eigenvalue weighted by Crippen LogP contribution is -2.49. The first kappa shape index (κ1) is 19.4.